The van der Waals surface area contributed by atoms with Gasteiger partial charge in [-0.05, 0) is 37.5 Å². The highest BCUT2D eigenvalue weighted by Gasteiger charge is 2.26. The number of fused-ring (bicyclic) bond motifs is 1. The van der Waals surface area contributed by atoms with E-state index in [0.29, 0.717) is 11.3 Å². The molecule has 140 valence electrons. The van der Waals surface area contributed by atoms with Crippen LogP contribution in [-0.4, -0.2) is 33.0 Å². The van der Waals surface area contributed by atoms with Gasteiger partial charge in [0.15, 0.2) is 5.69 Å². The van der Waals surface area contributed by atoms with E-state index in [9.17, 15) is 14.7 Å². The lowest BCUT2D eigenvalue weighted by Crippen LogP contribution is -2.20. The summed E-state index contributed by atoms with van der Waals surface area (Å²) in [7, 11) is 0. The van der Waals surface area contributed by atoms with E-state index in [1.165, 1.54) is 12.3 Å². The maximum atomic E-state index is 12.6. The molecule has 1 aliphatic carbocycles. The van der Waals surface area contributed by atoms with Gasteiger partial charge in [0.25, 0.3) is 5.91 Å². The average molecular weight is 374 g/mol. The lowest BCUT2D eigenvalue weighted by Gasteiger charge is -2.04. The zero-order chi connectivity index (χ0) is 19.5. The molecule has 7 nitrogen and oxygen atoms in total. The highest BCUT2D eigenvalue weighted by Crippen LogP contribution is 2.27. The first kappa shape index (κ1) is 17.7. The molecule has 0 atom stereocenters. The second-order valence-electron chi connectivity index (χ2n) is 6.47. The number of nitrogens with zero attached hydrogens (tertiary/aromatic N) is 3. The van der Waals surface area contributed by atoms with Gasteiger partial charge in [-0.2, -0.15) is 10.2 Å². The molecular formula is C21H18N4O3. The number of nitrogens with one attached hydrogen (secondary N) is 1. The number of amides is 1. The topological polar surface area (TPSA) is 96.6 Å². The molecule has 1 aromatic heterocycles. The summed E-state index contributed by atoms with van der Waals surface area (Å²) in [4.78, 5) is 23.9. The molecule has 1 amide bonds. The predicted molar refractivity (Wildman–Crippen MR) is 104 cm³/mol. The van der Waals surface area contributed by atoms with Crippen LogP contribution in [-0.2, 0) is 12.8 Å². The van der Waals surface area contributed by atoms with E-state index < -0.39 is 11.9 Å². The van der Waals surface area contributed by atoms with Gasteiger partial charge in [0, 0.05) is 16.8 Å². The minimum atomic E-state index is -1.05. The van der Waals surface area contributed by atoms with Gasteiger partial charge in [-0.15, -0.1) is 0 Å². The molecule has 0 saturated carbocycles. The Morgan fingerprint density at radius 1 is 1.07 bits per heavy atom. The second-order valence-corrected chi connectivity index (χ2v) is 6.47. The number of carbonyl (C=O) groups is 2. The van der Waals surface area contributed by atoms with E-state index in [1.807, 2.05) is 35.0 Å². The van der Waals surface area contributed by atoms with Crippen molar-refractivity contribution in [3.8, 4) is 5.69 Å². The van der Waals surface area contributed by atoms with Crippen molar-refractivity contribution < 1.29 is 14.7 Å². The van der Waals surface area contributed by atoms with E-state index in [-0.39, 0.29) is 5.56 Å². The minimum absolute atomic E-state index is 0.120. The molecule has 2 N–H and O–H groups in total. The van der Waals surface area contributed by atoms with Crippen molar-refractivity contribution >= 4 is 18.1 Å². The van der Waals surface area contributed by atoms with Crippen LogP contribution in [0.4, 0.5) is 0 Å². The zero-order valence-corrected chi connectivity index (χ0v) is 15.0. The van der Waals surface area contributed by atoms with E-state index in [0.717, 1.165) is 36.2 Å². The van der Waals surface area contributed by atoms with Crippen LogP contribution in [0, 0.1) is 0 Å². The fourth-order valence-corrected chi connectivity index (χ4v) is 3.42. The molecule has 1 heterocycles. The number of aromatic nitrogens is 2. The van der Waals surface area contributed by atoms with Gasteiger partial charge in [0.1, 0.15) is 0 Å². The summed E-state index contributed by atoms with van der Waals surface area (Å²) in [6.07, 6.45) is 3.99. The third-order valence-corrected chi connectivity index (χ3v) is 4.71. The van der Waals surface area contributed by atoms with Gasteiger partial charge < -0.3 is 5.11 Å². The molecule has 0 aliphatic heterocycles. The number of para-hydroxylation sites is 1. The Balaban J connectivity index is 1.58. The van der Waals surface area contributed by atoms with Crippen molar-refractivity contribution in [3.63, 3.8) is 0 Å². The molecule has 0 saturated heterocycles. The largest absolute Gasteiger partial charge is 0.478 e. The van der Waals surface area contributed by atoms with Gasteiger partial charge in [-0.3, -0.25) is 4.79 Å². The number of carboxylic acid groups (broad SMARTS) is 1. The molecule has 28 heavy (non-hydrogen) atoms. The second kappa shape index (κ2) is 7.48. The third-order valence-electron chi connectivity index (χ3n) is 4.71. The van der Waals surface area contributed by atoms with Crippen LogP contribution in [0.1, 0.15) is 44.1 Å². The molecule has 1 aliphatic rings. The smallest absolute Gasteiger partial charge is 0.336 e. The number of carbonyl (C=O) groups excluding carboxylic acids is 1. The Hall–Kier alpha value is -3.74. The van der Waals surface area contributed by atoms with Gasteiger partial charge in [-0.1, -0.05) is 36.4 Å². The van der Waals surface area contributed by atoms with Crippen LogP contribution < -0.4 is 5.43 Å². The molecule has 0 unspecified atom stereocenters. The fraction of sp³-hybridized carbons (Fsp3) is 0.143. The van der Waals surface area contributed by atoms with Crippen molar-refractivity contribution in [1.82, 2.24) is 15.2 Å². The predicted octanol–water partition coefficient (Wildman–Crippen LogP) is 2.82. The van der Waals surface area contributed by atoms with E-state index in [4.69, 9.17) is 0 Å². The monoisotopic (exact) mass is 374 g/mol. The first-order valence-electron chi connectivity index (χ1n) is 8.97. The number of rotatable bonds is 5. The maximum absolute atomic E-state index is 12.6. The van der Waals surface area contributed by atoms with Crippen LogP contribution in [0.2, 0.25) is 0 Å². The van der Waals surface area contributed by atoms with Crippen molar-refractivity contribution in [1.29, 1.82) is 0 Å². The first-order valence-corrected chi connectivity index (χ1v) is 8.97. The number of hydrogen-bond acceptors (Lipinski definition) is 4. The fourth-order valence-electron chi connectivity index (χ4n) is 3.42. The molecular weight excluding hydrogens is 356 g/mol. The number of hydrogen-bond donors (Lipinski definition) is 2. The van der Waals surface area contributed by atoms with Crippen LogP contribution in [0.15, 0.2) is 59.7 Å². The summed E-state index contributed by atoms with van der Waals surface area (Å²) in [6.45, 7) is 0. The Morgan fingerprint density at radius 2 is 1.82 bits per heavy atom. The molecule has 7 heteroatoms. The quantitative estimate of drug-likeness (QED) is 0.530. The van der Waals surface area contributed by atoms with Crippen LogP contribution in [0.5, 0.6) is 0 Å². The SMILES string of the molecule is O=C(O)c1ccccc1/C=N/NC(=O)c1nn(-c2ccccc2)c2c1CCC2. The number of aromatic carboxylic acids is 1. The van der Waals surface area contributed by atoms with Crippen molar-refractivity contribution in [2.75, 3.05) is 0 Å². The van der Waals surface area contributed by atoms with Gasteiger partial charge in [-0.25, -0.2) is 14.9 Å². The molecule has 0 fully saturated rings. The lowest BCUT2D eigenvalue weighted by molar-refractivity contribution is 0.0696. The molecule has 4 rings (SSSR count). The Morgan fingerprint density at radius 3 is 2.61 bits per heavy atom. The molecule has 3 aromatic rings. The van der Waals surface area contributed by atoms with Crippen LogP contribution >= 0.6 is 0 Å². The van der Waals surface area contributed by atoms with Gasteiger partial charge in [0.2, 0.25) is 0 Å². The van der Waals surface area contributed by atoms with Crippen molar-refractivity contribution in [2.24, 2.45) is 5.10 Å². The number of hydrazone groups is 1. The van der Waals surface area contributed by atoms with E-state index >= 15 is 0 Å². The number of carboxylic acids is 1. The highest BCUT2D eigenvalue weighted by molar-refractivity contribution is 5.99. The summed E-state index contributed by atoms with van der Waals surface area (Å²) < 4.78 is 1.82. The highest BCUT2D eigenvalue weighted by atomic mass is 16.4. The minimum Gasteiger partial charge on any atom is -0.478 e. The summed E-state index contributed by atoms with van der Waals surface area (Å²) in [5.74, 6) is -1.45. The summed E-state index contributed by atoms with van der Waals surface area (Å²) >= 11 is 0. The average Bonchev–Trinajstić information content (AvgIpc) is 3.31. The van der Waals surface area contributed by atoms with Crippen LogP contribution in [0.25, 0.3) is 5.69 Å². The zero-order valence-electron chi connectivity index (χ0n) is 15.0. The van der Waals surface area contributed by atoms with Crippen molar-refractivity contribution in [2.45, 2.75) is 19.3 Å². The molecule has 0 radical (unpaired) electrons. The maximum Gasteiger partial charge on any atom is 0.336 e. The standard InChI is InChI=1S/C21H18N4O3/c26-20(23-22-13-14-7-4-5-10-16(14)21(27)28)19-17-11-6-12-18(17)25(24-19)15-8-2-1-3-9-15/h1-5,7-10,13H,6,11-12H2,(H,23,26)(H,27,28)/b22-13+. The third kappa shape index (κ3) is 3.29. The molecule has 2 aromatic carbocycles. The number of benzene rings is 2. The van der Waals surface area contributed by atoms with Gasteiger partial charge in [0.05, 0.1) is 17.5 Å². The Bertz CT molecular complexity index is 1070. The Kier molecular flexibility index (Phi) is 4.72. The summed E-state index contributed by atoms with van der Waals surface area (Å²) in [5, 5.41) is 17.6. The van der Waals surface area contributed by atoms with E-state index in [1.54, 1.807) is 18.2 Å². The molecule has 0 spiro atoms. The summed E-state index contributed by atoms with van der Waals surface area (Å²) in [5.41, 5.74) is 6.28. The molecule has 0 bridgehead atoms. The normalized spacial score (nSPS) is 12.9. The lowest BCUT2D eigenvalue weighted by atomic mass is 10.1. The van der Waals surface area contributed by atoms with E-state index in [2.05, 4.69) is 15.6 Å². The van der Waals surface area contributed by atoms with Crippen molar-refractivity contribution in [3.05, 3.63) is 82.7 Å². The van der Waals surface area contributed by atoms with Gasteiger partial charge >= 0.3 is 5.97 Å². The van der Waals surface area contributed by atoms with Crippen LogP contribution in [0.3, 0.4) is 0 Å². The Labute approximate surface area is 161 Å². The summed E-state index contributed by atoms with van der Waals surface area (Å²) in [6, 6.07) is 16.2. The first-order chi connectivity index (χ1) is 13.6.